The van der Waals surface area contributed by atoms with Crippen molar-refractivity contribution in [1.82, 2.24) is 0 Å². The number of carboxylic acid groups (broad SMARTS) is 1. The van der Waals surface area contributed by atoms with Crippen molar-refractivity contribution < 1.29 is 38.2 Å². The molecule has 0 aromatic carbocycles. The summed E-state index contributed by atoms with van der Waals surface area (Å²) < 4.78 is 16.9. The lowest BCUT2D eigenvalue weighted by molar-refractivity contribution is -0.889. The first-order chi connectivity index (χ1) is 20.6. The van der Waals surface area contributed by atoms with Crippen LogP contribution in [0.1, 0.15) is 142 Å². The molecule has 0 heterocycles. The maximum Gasteiger partial charge on any atom is 0.306 e. The number of aliphatic carboxylic acids is 1. The average Bonchev–Trinajstić information content (AvgIpc) is 2.94. The van der Waals surface area contributed by atoms with Gasteiger partial charge in [-0.3, -0.25) is 9.59 Å². The van der Waals surface area contributed by atoms with Crippen molar-refractivity contribution in [2.75, 3.05) is 41.0 Å². The van der Waals surface area contributed by atoms with E-state index in [9.17, 15) is 19.5 Å². The van der Waals surface area contributed by atoms with Gasteiger partial charge in [0, 0.05) is 19.3 Å². The van der Waals surface area contributed by atoms with Crippen LogP contribution < -0.4 is 5.11 Å². The third-order valence-corrected chi connectivity index (χ3v) is 7.67. The Labute approximate surface area is 263 Å². The van der Waals surface area contributed by atoms with Crippen LogP contribution >= 0.6 is 0 Å². The summed E-state index contributed by atoms with van der Waals surface area (Å²) in [7, 11) is 5.38. The topological polar surface area (TPSA) is 102 Å². The van der Waals surface area contributed by atoms with Gasteiger partial charge in [-0.25, -0.2) is 0 Å². The zero-order valence-electron chi connectivity index (χ0n) is 28.4. The zero-order valence-corrected chi connectivity index (χ0v) is 28.4. The van der Waals surface area contributed by atoms with Gasteiger partial charge in [0.15, 0.2) is 6.10 Å². The highest BCUT2D eigenvalue weighted by Crippen LogP contribution is 2.13. The predicted octanol–water partition coefficient (Wildman–Crippen LogP) is 6.68. The van der Waals surface area contributed by atoms with Crippen LogP contribution in [0.15, 0.2) is 12.2 Å². The van der Waals surface area contributed by atoms with Crippen molar-refractivity contribution in [3.05, 3.63) is 12.2 Å². The van der Waals surface area contributed by atoms with E-state index >= 15 is 0 Å². The number of allylic oxidation sites excluding steroid dienone is 2. The Morgan fingerprint density at radius 3 is 1.77 bits per heavy atom. The van der Waals surface area contributed by atoms with E-state index in [-0.39, 0.29) is 49.1 Å². The van der Waals surface area contributed by atoms with Crippen LogP contribution in [-0.4, -0.2) is 75.5 Å². The van der Waals surface area contributed by atoms with E-state index < -0.39 is 18.1 Å². The van der Waals surface area contributed by atoms with E-state index in [0.29, 0.717) is 12.8 Å². The number of carboxylic acids is 1. The maximum atomic E-state index is 12.5. The number of hydrogen-bond donors (Lipinski definition) is 0. The highest BCUT2D eigenvalue weighted by Gasteiger charge is 2.25. The molecule has 0 saturated carbocycles. The van der Waals surface area contributed by atoms with Crippen molar-refractivity contribution in [2.24, 2.45) is 0 Å². The first-order valence-electron chi connectivity index (χ1n) is 17.2. The van der Waals surface area contributed by atoms with Crippen molar-refractivity contribution in [2.45, 2.75) is 154 Å². The molecule has 8 nitrogen and oxygen atoms in total. The van der Waals surface area contributed by atoms with Crippen LogP contribution in [-0.2, 0) is 28.6 Å². The Morgan fingerprint density at radius 2 is 1.21 bits per heavy atom. The molecule has 0 bridgehead atoms. The normalized spacial score (nSPS) is 13.2. The van der Waals surface area contributed by atoms with Gasteiger partial charge in [0.25, 0.3) is 0 Å². The molecule has 0 aliphatic heterocycles. The van der Waals surface area contributed by atoms with Gasteiger partial charge in [-0.15, -0.1) is 0 Å². The minimum atomic E-state index is -1.13. The molecule has 2 atom stereocenters. The average molecular weight is 612 g/mol. The van der Waals surface area contributed by atoms with Crippen molar-refractivity contribution in [3.63, 3.8) is 0 Å². The Morgan fingerprint density at radius 1 is 0.674 bits per heavy atom. The second kappa shape index (κ2) is 27.6. The summed E-state index contributed by atoms with van der Waals surface area (Å²) in [6.07, 6.45) is 24.0. The van der Waals surface area contributed by atoms with E-state index in [1.165, 1.54) is 77.0 Å². The fraction of sp³-hybridized carbons (Fsp3) is 0.857. The first kappa shape index (κ1) is 41.1. The Bertz CT molecular complexity index is 732. The molecule has 0 rings (SSSR count). The minimum absolute atomic E-state index is 0.0336. The molecule has 0 radical (unpaired) electrons. The standard InChI is InChI=1S/C35H65NO7/c1-6-8-10-12-14-16-17-18-20-22-24-26-34(38)43-31(29-41-28-27-32(35(39)40)36(3,4)5)30-42-33(37)25-23-21-19-15-13-11-9-7-2/h19,21,31-32H,6-18,20,22-30H2,1-5H3/b21-19+. The van der Waals surface area contributed by atoms with Gasteiger partial charge in [-0.05, 0) is 25.7 Å². The van der Waals surface area contributed by atoms with Gasteiger partial charge in [-0.2, -0.15) is 0 Å². The molecule has 2 unspecified atom stereocenters. The van der Waals surface area contributed by atoms with Crippen molar-refractivity contribution >= 4 is 17.9 Å². The lowest BCUT2D eigenvalue weighted by Crippen LogP contribution is -2.55. The highest BCUT2D eigenvalue weighted by atomic mass is 16.6. The molecule has 0 aliphatic carbocycles. The lowest BCUT2D eigenvalue weighted by Gasteiger charge is -2.34. The van der Waals surface area contributed by atoms with Gasteiger partial charge in [0.2, 0.25) is 0 Å². The van der Waals surface area contributed by atoms with E-state index in [0.717, 1.165) is 25.7 Å². The Kier molecular flexibility index (Phi) is 26.4. The fourth-order valence-corrected chi connectivity index (χ4v) is 4.91. The van der Waals surface area contributed by atoms with Crippen molar-refractivity contribution in [1.29, 1.82) is 0 Å². The Balaban J connectivity index is 4.51. The van der Waals surface area contributed by atoms with E-state index in [2.05, 4.69) is 19.9 Å². The van der Waals surface area contributed by atoms with Crippen LogP contribution in [0.25, 0.3) is 0 Å². The van der Waals surface area contributed by atoms with E-state index in [1.807, 2.05) is 6.08 Å². The number of ether oxygens (including phenoxy) is 3. The Hall–Kier alpha value is -1.93. The number of carbonyl (C=O) groups excluding carboxylic acids is 3. The SMILES string of the molecule is CCCCCC/C=C/CCC(=O)OCC(COCCC(C(=O)[O-])[N+](C)(C)C)OC(=O)CCCCCCCCCCCCC. The molecule has 252 valence electrons. The second-order valence-electron chi connectivity index (χ2n) is 12.8. The number of carbonyl (C=O) groups is 3. The number of nitrogens with zero attached hydrogens (tertiary/aromatic N) is 1. The highest BCUT2D eigenvalue weighted by molar-refractivity contribution is 5.70. The van der Waals surface area contributed by atoms with Crippen LogP contribution in [0.4, 0.5) is 0 Å². The summed E-state index contributed by atoms with van der Waals surface area (Å²) in [5.74, 6) is -1.80. The molecular weight excluding hydrogens is 546 g/mol. The quantitative estimate of drug-likeness (QED) is 0.0386. The monoisotopic (exact) mass is 611 g/mol. The van der Waals surface area contributed by atoms with Crippen LogP contribution in [0.2, 0.25) is 0 Å². The number of quaternary nitrogens is 1. The number of unbranched alkanes of at least 4 members (excludes halogenated alkanes) is 14. The third-order valence-electron chi connectivity index (χ3n) is 7.67. The maximum absolute atomic E-state index is 12.5. The minimum Gasteiger partial charge on any atom is -0.544 e. The zero-order chi connectivity index (χ0) is 32.2. The number of hydrogen-bond acceptors (Lipinski definition) is 7. The molecule has 43 heavy (non-hydrogen) atoms. The smallest absolute Gasteiger partial charge is 0.306 e. The first-order valence-corrected chi connectivity index (χ1v) is 17.2. The fourth-order valence-electron chi connectivity index (χ4n) is 4.91. The second-order valence-corrected chi connectivity index (χ2v) is 12.8. The molecule has 0 aromatic rings. The molecular formula is C35H65NO7. The van der Waals surface area contributed by atoms with Gasteiger partial charge >= 0.3 is 11.9 Å². The van der Waals surface area contributed by atoms with Crippen LogP contribution in [0, 0.1) is 0 Å². The van der Waals surface area contributed by atoms with Crippen LogP contribution in [0.3, 0.4) is 0 Å². The molecule has 0 spiro atoms. The number of rotatable bonds is 30. The molecule has 0 aliphatic rings. The van der Waals surface area contributed by atoms with E-state index in [4.69, 9.17) is 14.2 Å². The van der Waals surface area contributed by atoms with Crippen LogP contribution in [0.5, 0.6) is 0 Å². The van der Waals surface area contributed by atoms with E-state index in [1.54, 1.807) is 21.1 Å². The third kappa shape index (κ3) is 26.2. The van der Waals surface area contributed by atoms with Gasteiger partial charge in [0.1, 0.15) is 12.6 Å². The predicted molar refractivity (Wildman–Crippen MR) is 171 cm³/mol. The summed E-state index contributed by atoms with van der Waals surface area (Å²) >= 11 is 0. The van der Waals surface area contributed by atoms with Gasteiger partial charge in [0.05, 0.1) is 40.3 Å². The summed E-state index contributed by atoms with van der Waals surface area (Å²) in [5, 5.41) is 11.5. The number of likely N-dealkylation sites (N-methyl/N-ethyl adjacent to an activating group) is 1. The van der Waals surface area contributed by atoms with Crippen molar-refractivity contribution in [3.8, 4) is 0 Å². The summed E-state index contributed by atoms with van der Waals surface area (Å²) in [5.41, 5.74) is 0. The molecule has 8 heteroatoms. The largest absolute Gasteiger partial charge is 0.544 e. The van der Waals surface area contributed by atoms with Gasteiger partial charge < -0.3 is 28.6 Å². The molecule has 0 N–H and O–H groups in total. The number of esters is 2. The molecule has 0 amide bonds. The summed E-state index contributed by atoms with van der Waals surface area (Å²) in [6.45, 7) is 4.55. The summed E-state index contributed by atoms with van der Waals surface area (Å²) in [6, 6.07) is -0.723. The molecule has 0 fully saturated rings. The van der Waals surface area contributed by atoms with Gasteiger partial charge in [-0.1, -0.05) is 109 Å². The lowest BCUT2D eigenvalue weighted by atomic mass is 10.1. The summed E-state index contributed by atoms with van der Waals surface area (Å²) in [4.78, 5) is 36.3. The molecule has 0 aromatic heterocycles. The molecule has 0 saturated heterocycles.